The number of nitrogens with two attached hydrogens (primary N) is 1. The van der Waals surface area contributed by atoms with E-state index in [2.05, 4.69) is 14.2 Å². The van der Waals surface area contributed by atoms with Gasteiger partial charge in [0.1, 0.15) is 0 Å². The molecule has 0 aromatic heterocycles. The van der Waals surface area contributed by atoms with E-state index in [9.17, 15) is 4.79 Å². The first-order valence-corrected chi connectivity index (χ1v) is 3.28. The lowest BCUT2D eigenvalue weighted by Gasteiger charge is -2.09. The third-order valence-corrected chi connectivity index (χ3v) is 0.945. The summed E-state index contributed by atoms with van der Waals surface area (Å²) in [5.74, 6) is 0. The molecule has 0 saturated heterocycles. The van der Waals surface area contributed by atoms with E-state index in [0.717, 1.165) is 0 Å². The molecule has 0 aliphatic rings. The maximum Gasteiger partial charge on any atom is 0.511 e. The second-order valence-corrected chi connectivity index (χ2v) is 1.87. The summed E-state index contributed by atoms with van der Waals surface area (Å²) in [5, 5.41) is 0. The van der Waals surface area contributed by atoms with Crippen LogP contribution in [0.15, 0.2) is 0 Å². The summed E-state index contributed by atoms with van der Waals surface area (Å²) in [6, 6.07) is 0. The molecule has 5 heteroatoms. The predicted octanol–water partition coefficient (Wildman–Crippen LogP) is 0.438. The van der Waals surface area contributed by atoms with Gasteiger partial charge in [-0.2, -0.15) is 0 Å². The molecule has 0 spiro atoms. The van der Waals surface area contributed by atoms with E-state index in [1.54, 1.807) is 6.92 Å². The van der Waals surface area contributed by atoms with Crippen LogP contribution in [0.25, 0.3) is 0 Å². The van der Waals surface area contributed by atoms with Crippen LogP contribution in [0.4, 0.5) is 4.79 Å². The third kappa shape index (κ3) is 5.63. The van der Waals surface area contributed by atoms with Gasteiger partial charge in [-0.1, -0.05) is 6.92 Å². The molecule has 0 rings (SSSR count). The van der Waals surface area contributed by atoms with Crippen molar-refractivity contribution in [2.45, 2.75) is 19.6 Å². The summed E-state index contributed by atoms with van der Waals surface area (Å²) in [5.41, 5.74) is 5.28. The van der Waals surface area contributed by atoms with Crippen LogP contribution < -0.4 is 5.73 Å². The lowest BCUT2D eigenvalue weighted by Crippen LogP contribution is -2.26. The van der Waals surface area contributed by atoms with Crippen LogP contribution in [0.5, 0.6) is 0 Å². The average molecular weight is 163 g/mol. The molecule has 0 radical (unpaired) electrons. The van der Waals surface area contributed by atoms with Gasteiger partial charge in [0.05, 0.1) is 0 Å². The quantitative estimate of drug-likeness (QED) is 0.481. The minimum Gasteiger partial charge on any atom is -0.415 e. The van der Waals surface area contributed by atoms with Gasteiger partial charge >= 0.3 is 6.16 Å². The van der Waals surface area contributed by atoms with Gasteiger partial charge in [0.2, 0.25) is 0 Å². The number of carbonyl (C=O) groups excluding carboxylic acids is 1. The molecule has 66 valence electrons. The van der Waals surface area contributed by atoms with Gasteiger partial charge in [0.15, 0.2) is 13.0 Å². The Hall–Kier alpha value is -0.810. The Morgan fingerprint density at radius 3 is 2.73 bits per heavy atom. The lowest BCUT2D eigenvalue weighted by molar-refractivity contribution is -0.0394. The Bertz CT molecular complexity index is 117. The highest BCUT2D eigenvalue weighted by Gasteiger charge is 2.07. The lowest BCUT2D eigenvalue weighted by atomic mass is 10.4. The van der Waals surface area contributed by atoms with Gasteiger partial charge in [0, 0.05) is 7.11 Å². The van der Waals surface area contributed by atoms with Crippen molar-refractivity contribution in [3.05, 3.63) is 0 Å². The van der Waals surface area contributed by atoms with E-state index in [1.807, 2.05) is 0 Å². The maximum absolute atomic E-state index is 10.6. The van der Waals surface area contributed by atoms with Crippen LogP contribution in [-0.2, 0) is 14.2 Å². The van der Waals surface area contributed by atoms with Gasteiger partial charge in [-0.15, -0.1) is 0 Å². The molecule has 2 N–H and O–H groups in total. The summed E-state index contributed by atoms with van der Waals surface area (Å²) < 4.78 is 13.4. The number of hydrogen-bond acceptors (Lipinski definition) is 5. The van der Waals surface area contributed by atoms with E-state index < -0.39 is 12.4 Å². The maximum atomic E-state index is 10.6. The molecule has 11 heavy (non-hydrogen) atoms. The molecule has 0 aliphatic heterocycles. The van der Waals surface area contributed by atoms with Crippen LogP contribution in [0.2, 0.25) is 0 Å². The zero-order chi connectivity index (χ0) is 8.69. The Morgan fingerprint density at radius 1 is 1.64 bits per heavy atom. The van der Waals surface area contributed by atoms with Crippen molar-refractivity contribution < 1.29 is 19.0 Å². The fourth-order valence-corrected chi connectivity index (χ4v) is 0.348. The van der Waals surface area contributed by atoms with E-state index in [1.165, 1.54) is 7.11 Å². The molecule has 0 aromatic rings. The van der Waals surface area contributed by atoms with Gasteiger partial charge < -0.3 is 14.2 Å². The number of rotatable bonds is 4. The monoisotopic (exact) mass is 163 g/mol. The topological polar surface area (TPSA) is 70.8 Å². The number of carbonyl (C=O) groups is 1. The minimum absolute atomic E-state index is 0.116. The summed E-state index contributed by atoms with van der Waals surface area (Å²) >= 11 is 0. The normalized spacial score (nSPS) is 12.3. The summed E-state index contributed by atoms with van der Waals surface area (Å²) in [6.07, 6.45) is -0.845. The molecule has 5 nitrogen and oxygen atoms in total. The van der Waals surface area contributed by atoms with E-state index >= 15 is 0 Å². The molecule has 0 aliphatic carbocycles. The van der Waals surface area contributed by atoms with Crippen LogP contribution in [0, 0.1) is 0 Å². The number of methoxy groups -OCH3 is 1. The number of hydrogen-bond donors (Lipinski definition) is 1. The van der Waals surface area contributed by atoms with Crippen molar-refractivity contribution in [2.24, 2.45) is 5.73 Å². The van der Waals surface area contributed by atoms with Gasteiger partial charge in [0.25, 0.3) is 0 Å². The highest BCUT2D eigenvalue weighted by Crippen LogP contribution is 1.92. The molecule has 0 saturated carbocycles. The zero-order valence-electron chi connectivity index (χ0n) is 6.70. The second-order valence-electron chi connectivity index (χ2n) is 1.87. The molecule has 0 aromatic carbocycles. The van der Waals surface area contributed by atoms with Crippen molar-refractivity contribution >= 4 is 6.16 Å². The highest BCUT2D eigenvalue weighted by molar-refractivity contribution is 5.59. The van der Waals surface area contributed by atoms with Gasteiger partial charge in [-0.3, -0.25) is 5.73 Å². The molecule has 1 unspecified atom stereocenters. The van der Waals surface area contributed by atoms with Crippen LogP contribution >= 0.6 is 0 Å². The van der Waals surface area contributed by atoms with Crippen molar-refractivity contribution in [2.75, 3.05) is 13.9 Å². The predicted molar refractivity (Wildman–Crippen MR) is 37.7 cm³/mol. The first-order valence-electron chi connectivity index (χ1n) is 3.28. The van der Waals surface area contributed by atoms with Crippen LogP contribution in [0.1, 0.15) is 13.3 Å². The van der Waals surface area contributed by atoms with Gasteiger partial charge in [-0.05, 0) is 6.42 Å². The molecule has 0 bridgehead atoms. The summed E-state index contributed by atoms with van der Waals surface area (Å²) in [4.78, 5) is 10.6. The largest absolute Gasteiger partial charge is 0.511 e. The van der Waals surface area contributed by atoms with Crippen molar-refractivity contribution in [1.29, 1.82) is 0 Å². The van der Waals surface area contributed by atoms with Crippen molar-refractivity contribution in [1.82, 2.24) is 0 Å². The third-order valence-electron chi connectivity index (χ3n) is 0.945. The molecule has 0 fully saturated rings. The van der Waals surface area contributed by atoms with Crippen LogP contribution in [-0.4, -0.2) is 26.3 Å². The zero-order valence-corrected chi connectivity index (χ0v) is 6.70. The second kappa shape index (κ2) is 5.94. The summed E-state index contributed by atoms with van der Waals surface area (Å²) in [6.45, 7) is 1.68. The van der Waals surface area contributed by atoms with E-state index in [4.69, 9.17) is 5.73 Å². The molecule has 0 heterocycles. The SMILES string of the molecule is CCC(N)OC(=O)OCOC. The summed E-state index contributed by atoms with van der Waals surface area (Å²) in [7, 11) is 1.41. The average Bonchev–Trinajstić information content (AvgIpc) is 2.00. The minimum atomic E-state index is -0.804. The van der Waals surface area contributed by atoms with Crippen molar-refractivity contribution in [3.8, 4) is 0 Å². The molecule has 1 atom stereocenters. The Balaban J connectivity index is 3.36. The molecular weight excluding hydrogens is 150 g/mol. The smallest absolute Gasteiger partial charge is 0.415 e. The first kappa shape index (κ1) is 10.2. The fourth-order valence-electron chi connectivity index (χ4n) is 0.348. The Morgan fingerprint density at radius 2 is 2.27 bits per heavy atom. The standard InChI is InChI=1S/C6H13NO4/c1-3-5(7)11-6(8)10-4-9-2/h5H,3-4,7H2,1-2H3. The van der Waals surface area contributed by atoms with Crippen molar-refractivity contribution in [3.63, 3.8) is 0 Å². The fraction of sp³-hybridized carbons (Fsp3) is 0.833. The van der Waals surface area contributed by atoms with Crippen LogP contribution in [0.3, 0.4) is 0 Å². The first-order chi connectivity index (χ1) is 5.20. The van der Waals surface area contributed by atoms with E-state index in [-0.39, 0.29) is 6.79 Å². The molecular formula is C6H13NO4. The Kier molecular flexibility index (Phi) is 5.50. The Labute approximate surface area is 65.4 Å². The highest BCUT2D eigenvalue weighted by atomic mass is 16.8. The van der Waals surface area contributed by atoms with Gasteiger partial charge in [-0.25, -0.2) is 4.79 Å². The number of ether oxygens (including phenoxy) is 3. The van der Waals surface area contributed by atoms with E-state index in [0.29, 0.717) is 6.42 Å². The molecule has 0 amide bonds.